The molecule has 0 radical (unpaired) electrons. The highest BCUT2D eigenvalue weighted by atomic mass is 16.7. The summed E-state index contributed by atoms with van der Waals surface area (Å²) in [6, 6.07) is 0. The van der Waals surface area contributed by atoms with Crippen LogP contribution in [0.25, 0.3) is 0 Å². The van der Waals surface area contributed by atoms with Crippen molar-refractivity contribution in [3.05, 3.63) is 0 Å². The zero-order chi connectivity index (χ0) is 16.3. The molecule has 0 saturated carbocycles. The fourth-order valence-electron chi connectivity index (χ4n) is 1.45. The molecule has 0 unspecified atom stereocenters. The van der Waals surface area contributed by atoms with E-state index in [-0.39, 0.29) is 21.4 Å². The van der Waals surface area contributed by atoms with E-state index in [1.54, 1.807) is 0 Å². The van der Waals surface area contributed by atoms with Crippen molar-refractivity contribution in [1.29, 1.82) is 0 Å². The average Bonchev–Trinajstić information content (AvgIpc) is 2.11. The van der Waals surface area contributed by atoms with Gasteiger partial charge in [0.2, 0.25) is 0 Å². The Morgan fingerprint density at radius 1 is 0.700 bits per heavy atom. The van der Waals surface area contributed by atoms with Crippen molar-refractivity contribution in [1.82, 2.24) is 0 Å². The Labute approximate surface area is 128 Å². The van der Waals surface area contributed by atoms with Gasteiger partial charge in [-0.25, -0.2) is 0 Å². The molecule has 0 spiro atoms. The van der Waals surface area contributed by atoms with Crippen LogP contribution in [0.3, 0.4) is 0 Å². The SMILES string of the molecule is CB(C)OB(C)C.CB1OB(C)OB(C)O1.CC(C)C. The van der Waals surface area contributed by atoms with Gasteiger partial charge in [-0.2, -0.15) is 0 Å². The van der Waals surface area contributed by atoms with Crippen LogP contribution in [0.15, 0.2) is 0 Å². The van der Waals surface area contributed by atoms with Gasteiger partial charge in [0.05, 0.1) is 0 Å². The molecule has 0 bridgehead atoms. The average molecular weight is 281 g/mol. The largest absolute Gasteiger partial charge is 0.499 e. The highest BCUT2D eigenvalue weighted by molar-refractivity contribution is 6.72. The van der Waals surface area contributed by atoms with E-state index >= 15 is 0 Å². The number of rotatable bonds is 2. The highest BCUT2D eigenvalue weighted by Crippen LogP contribution is 2.06. The Balaban J connectivity index is 0. The zero-order valence-electron chi connectivity index (χ0n) is 15.1. The summed E-state index contributed by atoms with van der Waals surface area (Å²) in [5.74, 6) is 0.833. The van der Waals surface area contributed by atoms with Gasteiger partial charge in [-0.3, -0.25) is 0 Å². The lowest BCUT2D eigenvalue weighted by atomic mass is 9.65. The summed E-state index contributed by atoms with van der Waals surface area (Å²) in [5, 5.41) is 0. The lowest BCUT2D eigenvalue weighted by Gasteiger charge is -2.25. The lowest BCUT2D eigenvalue weighted by molar-refractivity contribution is 0.294. The second-order valence-corrected chi connectivity index (χ2v) is 6.08. The van der Waals surface area contributed by atoms with E-state index in [0.717, 1.165) is 5.92 Å². The molecule has 1 rings (SSSR count). The fourth-order valence-corrected chi connectivity index (χ4v) is 1.45. The molecule has 1 saturated heterocycles. The van der Waals surface area contributed by atoms with Crippen LogP contribution < -0.4 is 0 Å². The van der Waals surface area contributed by atoms with E-state index in [1.807, 2.05) is 47.8 Å². The van der Waals surface area contributed by atoms with E-state index in [4.69, 9.17) is 18.3 Å². The molecular weight excluding hydrogens is 250 g/mol. The molecule has 0 aromatic carbocycles. The summed E-state index contributed by atoms with van der Waals surface area (Å²) in [5.41, 5.74) is 0. The Morgan fingerprint density at radius 2 is 0.900 bits per heavy atom. The summed E-state index contributed by atoms with van der Waals surface area (Å²) in [7, 11) is -0.406. The van der Waals surface area contributed by atoms with Gasteiger partial charge >= 0.3 is 21.4 Å². The van der Waals surface area contributed by atoms with Crippen LogP contribution in [0, 0.1) is 5.92 Å². The molecule has 0 amide bonds. The van der Waals surface area contributed by atoms with Gasteiger partial charge in [-0.05, 0) is 26.4 Å². The van der Waals surface area contributed by atoms with Gasteiger partial charge in [0.1, 0.15) is 0 Å². The topological polar surface area (TPSA) is 36.9 Å². The van der Waals surface area contributed by atoms with Gasteiger partial charge in [0.25, 0.3) is 13.8 Å². The second-order valence-electron chi connectivity index (χ2n) is 6.08. The first kappa shape index (κ1) is 22.4. The van der Waals surface area contributed by atoms with Crippen LogP contribution >= 0.6 is 0 Å². The van der Waals surface area contributed by atoms with Gasteiger partial charge < -0.3 is 18.3 Å². The molecule has 20 heavy (non-hydrogen) atoms. The monoisotopic (exact) mass is 282 g/mol. The molecule has 0 atom stereocenters. The quantitative estimate of drug-likeness (QED) is 0.725. The Kier molecular flexibility index (Phi) is 14.4. The molecule has 0 N–H and O–H groups in total. The Hall–Kier alpha value is 0.165. The van der Waals surface area contributed by atoms with Crippen molar-refractivity contribution in [3.8, 4) is 0 Å². The predicted octanol–water partition coefficient (Wildman–Crippen LogP) is 3.57. The normalized spacial score (nSPS) is 14.2. The predicted molar refractivity (Wildman–Crippen MR) is 94.7 cm³/mol. The molecule has 9 heteroatoms. The minimum absolute atomic E-state index is 0.135. The van der Waals surface area contributed by atoms with Gasteiger partial charge in [0, 0.05) is 0 Å². The molecule has 114 valence electrons. The molecule has 4 nitrogen and oxygen atoms in total. The van der Waals surface area contributed by atoms with Crippen molar-refractivity contribution < 1.29 is 18.3 Å². The van der Waals surface area contributed by atoms with E-state index in [1.165, 1.54) is 0 Å². The molecule has 0 aromatic rings. The first-order valence-corrected chi connectivity index (χ1v) is 7.66. The van der Waals surface area contributed by atoms with Crippen molar-refractivity contribution in [3.63, 3.8) is 0 Å². The van der Waals surface area contributed by atoms with Crippen molar-refractivity contribution >= 4 is 35.2 Å². The van der Waals surface area contributed by atoms with Crippen LogP contribution in [-0.2, 0) is 18.3 Å². The van der Waals surface area contributed by atoms with Crippen molar-refractivity contribution in [2.24, 2.45) is 5.92 Å². The van der Waals surface area contributed by atoms with Crippen LogP contribution in [0.2, 0.25) is 47.8 Å². The molecule has 1 aliphatic rings. The number of hydrogen-bond acceptors (Lipinski definition) is 4. The molecule has 1 fully saturated rings. The Bertz CT molecular complexity index is 185. The molecule has 1 aliphatic heterocycles. The van der Waals surface area contributed by atoms with Crippen molar-refractivity contribution in [2.75, 3.05) is 0 Å². The first-order valence-electron chi connectivity index (χ1n) is 7.66. The maximum Gasteiger partial charge on any atom is 0.426 e. The molecule has 0 aliphatic carbocycles. The minimum Gasteiger partial charge on any atom is -0.499 e. The molecular formula is C11H31B5O4. The summed E-state index contributed by atoms with van der Waals surface area (Å²) in [6.07, 6.45) is 0. The standard InChI is InChI=1S/C4H12B2O.C4H10.C3H9B3O3/c1-5(2)7-6(3)4;1-4(2)3;1-4-7-5(2)9-6(3)8-4/h1-4H3;4H,1-3H3;1-3H3. The van der Waals surface area contributed by atoms with Crippen LogP contribution in [0.4, 0.5) is 0 Å². The summed E-state index contributed by atoms with van der Waals surface area (Å²) in [6.45, 7) is 21.0. The van der Waals surface area contributed by atoms with Crippen LogP contribution in [-0.4, -0.2) is 35.2 Å². The first-order chi connectivity index (χ1) is 9.04. The van der Waals surface area contributed by atoms with Crippen LogP contribution in [0.1, 0.15) is 20.8 Å². The highest BCUT2D eigenvalue weighted by Gasteiger charge is 2.31. The molecule has 1 heterocycles. The molecule has 0 aromatic heterocycles. The summed E-state index contributed by atoms with van der Waals surface area (Å²) < 4.78 is 20.6. The van der Waals surface area contributed by atoms with E-state index < -0.39 is 0 Å². The minimum atomic E-state index is -0.135. The van der Waals surface area contributed by atoms with Crippen LogP contribution in [0.5, 0.6) is 0 Å². The van der Waals surface area contributed by atoms with E-state index in [0.29, 0.717) is 13.8 Å². The maximum absolute atomic E-state index is 5.25. The fraction of sp³-hybridized carbons (Fsp3) is 1.00. The second kappa shape index (κ2) is 12.9. The third kappa shape index (κ3) is 20.5. The summed E-state index contributed by atoms with van der Waals surface area (Å²) in [4.78, 5) is 0. The van der Waals surface area contributed by atoms with E-state index in [9.17, 15) is 0 Å². The smallest absolute Gasteiger partial charge is 0.426 e. The van der Waals surface area contributed by atoms with Crippen molar-refractivity contribution in [2.45, 2.75) is 68.5 Å². The zero-order valence-corrected chi connectivity index (χ0v) is 15.1. The third-order valence-electron chi connectivity index (χ3n) is 1.69. The van der Waals surface area contributed by atoms with Gasteiger partial charge in [-0.15, -0.1) is 0 Å². The lowest BCUT2D eigenvalue weighted by Crippen LogP contribution is -2.44. The summed E-state index contributed by atoms with van der Waals surface area (Å²) >= 11 is 0. The third-order valence-corrected chi connectivity index (χ3v) is 1.69. The number of hydrogen-bond donors (Lipinski definition) is 0. The maximum atomic E-state index is 5.25. The Morgan fingerprint density at radius 3 is 1.00 bits per heavy atom. The van der Waals surface area contributed by atoms with Gasteiger partial charge in [0.15, 0.2) is 0 Å². The van der Waals surface area contributed by atoms with Gasteiger partial charge in [-0.1, -0.05) is 48.1 Å². The van der Waals surface area contributed by atoms with E-state index in [2.05, 4.69) is 20.8 Å².